The smallest absolute Gasteiger partial charge is 0.249 e. The molecule has 1 amide bonds. The van der Waals surface area contributed by atoms with Crippen LogP contribution in [0.25, 0.3) is 0 Å². The van der Waals surface area contributed by atoms with E-state index in [2.05, 4.69) is 27.3 Å². The molecule has 1 atom stereocenters. The summed E-state index contributed by atoms with van der Waals surface area (Å²) in [6, 6.07) is 13.6. The van der Waals surface area contributed by atoms with Crippen molar-refractivity contribution in [3.8, 4) is 5.75 Å². The number of carbonyl (C=O) groups is 1. The molecule has 3 heterocycles. The number of nitrogens with one attached hydrogen (secondary N) is 1. The summed E-state index contributed by atoms with van der Waals surface area (Å²) in [6.45, 7) is 2.20. The topological polar surface area (TPSA) is 68.7 Å². The molecule has 5 rings (SSSR count). The second-order valence-electron chi connectivity index (χ2n) is 7.37. The first kappa shape index (κ1) is 18.0. The van der Waals surface area contributed by atoms with Gasteiger partial charge in [-0.1, -0.05) is 18.2 Å². The molecule has 148 valence electrons. The second-order valence-corrected chi connectivity index (χ2v) is 8.26. The molecule has 6 nitrogen and oxygen atoms in total. The standard InChI is InChI=1S/C22H22N4O2S/c27-20-3-1-2-18-17(20)8-11-26(18)19-9-12-25(21(19)28)16-6-4-15(5-7-16)14-24-22-23-10-13-29-22/h1-7,10,13,19,27H,8-9,11-12,14H2,(H,23,24)/t19-/m0/s1. The van der Waals surface area contributed by atoms with E-state index >= 15 is 0 Å². The number of hydrogen-bond donors (Lipinski definition) is 2. The van der Waals surface area contributed by atoms with Crippen molar-refractivity contribution in [3.63, 3.8) is 0 Å². The predicted octanol–water partition coefficient (Wildman–Crippen LogP) is 3.63. The van der Waals surface area contributed by atoms with Crippen LogP contribution in [0.2, 0.25) is 0 Å². The number of carbonyl (C=O) groups excluding carboxylic acids is 1. The van der Waals surface area contributed by atoms with E-state index in [1.807, 2.05) is 34.5 Å². The summed E-state index contributed by atoms with van der Waals surface area (Å²) in [6.07, 6.45) is 3.36. The zero-order valence-corrected chi connectivity index (χ0v) is 16.7. The number of hydrogen-bond acceptors (Lipinski definition) is 6. The maximum Gasteiger partial charge on any atom is 0.249 e. The van der Waals surface area contributed by atoms with Crippen LogP contribution in [0.5, 0.6) is 5.75 Å². The third-order valence-corrected chi connectivity index (χ3v) is 6.45. The Labute approximate surface area is 173 Å². The Morgan fingerprint density at radius 3 is 2.83 bits per heavy atom. The van der Waals surface area contributed by atoms with Gasteiger partial charge in [0.15, 0.2) is 5.13 Å². The molecular weight excluding hydrogens is 384 g/mol. The number of phenolic OH excluding ortho intramolecular Hbond substituents is 1. The molecule has 0 spiro atoms. The highest BCUT2D eigenvalue weighted by Gasteiger charge is 2.39. The summed E-state index contributed by atoms with van der Waals surface area (Å²) in [7, 11) is 0. The molecule has 2 N–H and O–H groups in total. The minimum Gasteiger partial charge on any atom is -0.508 e. The fourth-order valence-corrected chi connectivity index (χ4v) is 4.78. The van der Waals surface area contributed by atoms with Crippen molar-refractivity contribution in [3.05, 3.63) is 65.2 Å². The van der Waals surface area contributed by atoms with E-state index in [9.17, 15) is 9.90 Å². The van der Waals surface area contributed by atoms with E-state index in [1.165, 1.54) is 0 Å². The molecule has 0 saturated carbocycles. The molecule has 1 aromatic heterocycles. The van der Waals surface area contributed by atoms with Gasteiger partial charge in [-0.3, -0.25) is 4.79 Å². The Morgan fingerprint density at radius 1 is 1.17 bits per heavy atom. The minimum absolute atomic E-state index is 0.134. The normalized spacial score (nSPS) is 18.3. The summed E-state index contributed by atoms with van der Waals surface area (Å²) >= 11 is 1.58. The maximum atomic E-state index is 13.2. The lowest BCUT2D eigenvalue weighted by molar-refractivity contribution is -0.118. The molecule has 2 aliphatic heterocycles. The summed E-state index contributed by atoms with van der Waals surface area (Å²) in [5.74, 6) is 0.462. The number of amides is 1. The van der Waals surface area contributed by atoms with E-state index in [1.54, 1.807) is 23.6 Å². The first-order valence-electron chi connectivity index (χ1n) is 9.82. The highest BCUT2D eigenvalue weighted by Crippen LogP contribution is 2.38. The quantitative estimate of drug-likeness (QED) is 0.677. The van der Waals surface area contributed by atoms with Gasteiger partial charge in [0.25, 0.3) is 0 Å². The van der Waals surface area contributed by atoms with Crippen LogP contribution in [0.4, 0.5) is 16.5 Å². The summed E-state index contributed by atoms with van der Waals surface area (Å²) < 4.78 is 0. The summed E-state index contributed by atoms with van der Waals surface area (Å²) in [5, 5.41) is 16.2. The molecular formula is C22H22N4O2S. The molecule has 7 heteroatoms. The van der Waals surface area contributed by atoms with Crippen molar-refractivity contribution in [1.29, 1.82) is 0 Å². The van der Waals surface area contributed by atoms with Gasteiger partial charge >= 0.3 is 0 Å². The van der Waals surface area contributed by atoms with Gasteiger partial charge in [-0.25, -0.2) is 4.98 Å². The van der Waals surface area contributed by atoms with Crippen LogP contribution in [0, 0.1) is 0 Å². The van der Waals surface area contributed by atoms with Gasteiger partial charge in [0.1, 0.15) is 11.8 Å². The molecule has 29 heavy (non-hydrogen) atoms. The number of fused-ring (bicyclic) bond motifs is 1. The number of rotatable bonds is 5. The van der Waals surface area contributed by atoms with E-state index in [4.69, 9.17) is 0 Å². The largest absolute Gasteiger partial charge is 0.508 e. The fraction of sp³-hybridized carbons (Fsp3) is 0.273. The first-order chi connectivity index (χ1) is 14.2. The number of anilines is 3. The Balaban J connectivity index is 1.28. The highest BCUT2D eigenvalue weighted by atomic mass is 32.1. The van der Waals surface area contributed by atoms with Crippen LogP contribution in [-0.2, 0) is 17.8 Å². The molecule has 0 bridgehead atoms. The molecule has 0 radical (unpaired) electrons. The number of phenols is 1. The first-order valence-corrected chi connectivity index (χ1v) is 10.7. The Morgan fingerprint density at radius 2 is 2.03 bits per heavy atom. The molecule has 3 aromatic rings. The van der Waals surface area contributed by atoms with Gasteiger partial charge in [-0.15, -0.1) is 11.3 Å². The number of thiazole rings is 1. The third-order valence-electron chi connectivity index (χ3n) is 5.72. The second kappa shape index (κ2) is 7.40. The van der Waals surface area contributed by atoms with Crippen molar-refractivity contribution < 1.29 is 9.90 Å². The third kappa shape index (κ3) is 3.31. The zero-order chi connectivity index (χ0) is 19.8. The number of nitrogens with zero attached hydrogens (tertiary/aromatic N) is 3. The van der Waals surface area contributed by atoms with Crippen molar-refractivity contribution in [2.75, 3.05) is 28.2 Å². The van der Waals surface area contributed by atoms with E-state index in [0.29, 0.717) is 18.8 Å². The Kier molecular flexibility index (Phi) is 4.60. The van der Waals surface area contributed by atoms with Gasteiger partial charge in [0.2, 0.25) is 5.91 Å². The molecule has 0 unspecified atom stereocenters. The van der Waals surface area contributed by atoms with Crippen LogP contribution in [0.15, 0.2) is 54.0 Å². The highest BCUT2D eigenvalue weighted by molar-refractivity contribution is 7.13. The van der Waals surface area contributed by atoms with E-state index in [0.717, 1.165) is 47.0 Å². The lowest BCUT2D eigenvalue weighted by Crippen LogP contribution is -2.41. The molecule has 0 aliphatic carbocycles. The van der Waals surface area contributed by atoms with Gasteiger partial charge in [-0.2, -0.15) is 0 Å². The number of aromatic hydroxyl groups is 1. The number of aromatic nitrogens is 1. The molecule has 2 aliphatic rings. The lowest BCUT2D eigenvalue weighted by atomic mass is 10.1. The molecule has 2 aromatic carbocycles. The van der Waals surface area contributed by atoms with Gasteiger partial charge in [-0.05, 0) is 42.7 Å². The molecule has 1 saturated heterocycles. The SMILES string of the molecule is O=C1[C@@H](N2CCc3c(O)cccc32)CCN1c1ccc(CNc2nccs2)cc1. The van der Waals surface area contributed by atoms with Crippen LogP contribution in [0.3, 0.4) is 0 Å². The zero-order valence-electron chi connectivity index (χ0n) is 15.9. The van der Waals surface area contributed by atoms with Crippen LogP contribution in [0.1, 0.15) is 17.5 Å². The predicted molar refractivity (Wildman–Crippen MR) is 116 cm³/mol. The van der Waals surface area contributed by atoms with Crippen molar-refractivity contribution in [2.45, 2.75) is 25.4 Å². The van der Waals surface area contributed by atoms with E-state index < -0.39 is 0 Å². The Hall–Kier alpha value is -3.06. The van der Waals surface area contributed by atoms with Gasteiger partial charge < -0.3 is 20.2 Å². The van der Waals surface area contributed by atoms with Crippen molar-refractivity contribution in [1.82, 2.24) is 4.98 Å². The average molecular weight is 407 g/mol. The van der Waals surface area contributed by atoms with Crippen LogP contribution < -0.4 is 15.1 Å². The monoisotopic (exact) mass is 406 g/mol. The van der Waals surface area contributed by atoms with Crippen LogP contribution >= 0.6 is 11.3 Å². The molecule has 1 fully saturated rings. The van der Waals surface area contributed by atoms with Crippen molar-refractivity contribution in [2.24, 2.45) is 0 Å². The van der Waals surface area contributed by atoms with E-state index in [-0.39, 0.29) is 11.9 Å². The average Bonchev–Trinajstić information content (AvgIpc) is 3.47. The van der Waals surface area contributed by atoms with Crippen LogP contribution in [-0.4, -0.2) is 35.1 Å². The van der Waals surface area contributed by atoms with Crippen molar-refractivity contribution >= 4 is 33.8 Å². The summed E-state index contributed by atoms with van der Waals surface area (Å²) in [4.78, 5) is 21.4. The Bertz CT molecular complexity index is 1020. The van der Waals surface area contributed by atoms with Gasteiger partial charge in [0.05, 0.1) is 0 Å². The summed E-state index contributed by atoms with van der Waals surface area (Å²) in [5.41, 5.74) is 4.03. The minimum atomic E-state index is -0.163. The number of benzene rings is 2. The fourth-order valence-electron chi connectivity index (χ4n) is 4.26. The maximum absolute atomic E-state index is 13.2. The van der Waals surface area contributed by atoms with Gasteiger partial charge in [0, 0.05) is 48.1 Å². The lowest BCUT2D eigenvalue weighted by Gasteiger charge is -2.26.